The molecule has 1 aliphatic rings. The Morgan fingerprint density at radius 2 is 1.91 bits per heavy atom. The lowest BCUT2D eigenvalue weighted by atomic mass is 9.90. The van der Waals surface area contributed by atoms with Crippen molar-refractivity contribution < 1.29 is 19.4 Å². The molecule has 0 spiro atoms. The van der Waals surface area contributed by atoms with Gasteiger partial charge >= 0.3 is 5.97 Å². The van der Waals surface area contributed by atoms with Crippen molar-refractivity contribution in [1.29, 1.82) is 0 Å². The van der Waals surface area contributed by atoms with Crippen molar-refractivity contribution in [3.8, 4) is 0 Å². The highest BCUT2D eigenvalue weighted by molar-refractivity contribution is 5.90. The van der Waals surface area contributed by atoms with Crippen LogP contribution in [0, 0.1) is 5.41 Å². The van der Waals surface area contributed by atoms with Crippen LogP contribution in [0.5, 0.6) is 0 Å². The van der Waals surface area contributed by atoms with Gasteiger partial charge in [0, 0.05) is 12.0 Å². The summed E-state index contributed by atoms with van der Waals surface area (Å²) in [6.45, 7) is 6.25. The normalized spacial score (nSPS) is 21.4. The van der Waals surface area contributed by atoms with Gasteiger partial charge in [0.05, 0.1) is 13.2 Å². The highest BCUT2D eigenvalue weighted by atomic mass is 16.5. The van der Waals surface area contributed by atoms with E-state index in [-0.39, 0.29) is 12.5 Å². The lowest BCUT2D eigenvalue weighted by Gasteiger charge is -2.38. The number of amides is 1. The van der Waals surface area contributed by atoms with Gasteiger partial charge in [0.15, 0.2) is 5.54 Å². The molecule has 1 fully saturated rings. The largest absolute Gasteiger partial charge is 0.479 e. The summed E-state index contributed by atoms with van der Waals surface area (Å²) in [6, 6.07) is 9.61. The number of aliphatic carboxylic acids is 1. The van der Waals surface area contributed by atoms with Gasteiger partial charge in [-0.05, 0) is 18.4 Å². The van der Waals surface area contributed by atoms with Crippen molar-refractivity contribution in [3.63, 3.8) is 0 Å². The lowest BCUT2D eigenvalue weighted by Crippen LogP contribution is -2.58. The molecule has 2 rings (SSSR count). The van der Waals surface area contributed by atoms with E-state index < -0.39 is 16.9 Å². The third-order valence-corrected chi connectivity index (χ3v) is 4.23. The summed E-state index contributed by atoms with van der Waals surface area (Å²) < 4.78 is 5.69. The summed E-state index contributed by atoms with van der Waals surface area (Å²) in [4.78, 5) is 26.1. The Morgan fingerprint density at radius 3 is 2.48 bits per heavy atom. The van der Waals surface area contributed by atoms with Crippen LogP contribution in [0.15, 0.2) is 30.3 Å². The van der Waals surface area contributed by atoms with Crippen molar-refractivity contribution >= 4 is 11.9 Å². The summed E-state index contributed by atoms with van der Waals surface area (Å²) in [5.74, 6) is -1.12. The number of carboxylic acid groups (broad SMARTS) is 1. The van der Waals surface area contributed by atoms with E-state index in [4.69, 9.17) is 4.74 Å². The first-order valence-corrected chi connectivity index (χ1v) is 7.94. The summed E-state index contributed by atoms with van der Waals surface area (Å²) in [6.07, 6.45) is 1.11. The van der Waals surface area contributed by atoms with E-state index in [2.05, 4.69) is 0 Å². The zero-order chi connectivity index (χ0) is 17.1. The van der Waals surface area contributed by atoms with E-state index in [1.165, 1.54) is 4.90 Å². The first-order chi connectivity index (χ1) is 10.8. The average molecular weight is 319 g/mol. The van der Waals surface area contributed by atoms with Crippen LogP contribution in [0.1, 0.15) is 39.2 Å². The van der Waals surface area contributed by atoms with E-state index >= 15 is 0 Å². The number of nitrogens with zero attached hydrogens (tertiary/aromatic N) is 1. The molecule has 0 saturated carbocycles. The highest BCUT2D eigenvalue weighted by Crippen LogP contribution is 2.34. The highest BCUT2D eigenvalue weighted by Gasteiger charge is 2.52. The summed E-state index contributed by atoms with van der Waals surface area (Å²) in [5, 5.41) is 9.77. The van der Waals surface area contributed by atoms with Crippen molar-refractivity contribution in [1.82, 2.24) is 4.90 Å². The number of hydrogen-bond acceptors (Lipinski definition) is 3. The third-order valence-electron chi connectivity index (χ3n) is 4.23. The van der Waals surface area contributed by atoms with Gasteiger partial charge in [0.1, 0.15) is 0 Å². The molecule has 0 radical (unpaired) electrons. The number of carboxylic acids is 1. The minimum atomic E-state index is -1.25. The SMILES string of the molecule is CC(C)(C)C(=O)N1CCC[C@@]1(COCc1ccccc1)C(=O)O. The minimum Gasteiger partial charge on any atom is -0.479 e. The van der Waals surface area contributed by atoms with Crippen LogP contribution >= 0.6 is 0 Å². The van der Waals surface area contributed by atoms with Crippen molar-refractivity contribution in [2.45, 2.75) is 45.8 Å². The fourth-order valence-corrected chi connectivity index (χ4v) is 2.93. The number of carbonyl (C=O) groups excluding carboxylic acids is 1. The van der Waals surface area contributed by atoms with Gasteiger partial charge < -0.3 is 14.7 Å². The molecule has 1 N–H and O–H groups in total. The van der Waals surface area contributed by atoms with Crippen molar-refractivity contribution in [2.75, 3.05) is 13.2 Å². The van der Waals surface area contributed by atoms with Gasteiger partial charge in [-0.25, -0.2) is 4.79 Å². The predicted octanol–water partition coefficient (Wildman–Crippen LogP) is 2.70. The summed E-state index contributed by atoms with van der Waals surface area (Å²) in [5.41, 5.74) is -0.872. The first kappa shape index (κ1) is 17.5. The van der Waals surface area contributed by atoms with Gasteiger partial charge in [-0.1, -0.05) is 51.1 Å². The second kappa shape index (κ2) is 6.71. The zero-order valence-electron chi connectivity index (χ0n) is 14.0. The number of likely N-dealkylation sites (tertiary alicyclic amines) is 1. The number of hydrogen-bond donors (Lipinski definition) is 1. The quantitative estimate of drug-likeness (QED) is 0.906. The fourth-order valence-electron chi connectivity index (χ4n) is 2.93. The number of carbonyl (C=O) groups is 2. The molecular weight excluding hydrogens is 294 g/mol. The molecule has 1 saturated heterocycles. The maximum Gasteiger partial charge on any atom is 0.332 e. The van der Waals surface area contributed by atoms with Crippen LogP contribution in [0.25, 0.3) is 0 Å². The molecule has 0 bridgehead atoms. The van der Waals surface area contributed by atoms with Crippen LogP contribution in [0.4, 0.5) is 0 Å². The molecule has 1 amide bonds. The van der Waals surface area contributed by atoms with Gasteiger partial charge in [-0.2, -0.15) is 0 Å². The molecular formula is C18H25NO4. The molecule has 0 aliphatic carbocycles. The Kier molecular flexibility index (Phi) is 5.09. The third kappa shape index (κ3) is 3.72. The molecule has 1 aromatic carbocycles. The number of benzene rings is 1. The fraction of sp³-hybridized carbons (Fsp3) is 0.556. The van der Waals surface area contributed by atoms with Crippen LogP contribution in [-0.4, -0.2) is 40.6 Å². The summed E-state index contributed by atoms with van der Waals surface area (Å²) in [7, 11) is 0. The molecule has 23 heavy (non-hydrogen) atoms. The molecule has 0 aromatic heterocycles. The molecule has 0 unspecified atom stereocenters. The van der Waals surface area contributed by atoms with Gasteiger partial charge in [-0.15, -0.1) is 0 Å². The Hall–Kier alpha value is -1.88. The minimum absolute atomic E-state index is 0.0129. The first-order valence-electron chi connectivity index (χ1n) is 7.94. The smallest absolute Gasteiger partial charge is 0.332 e. The number of ether oxygens (including phenoxy) is 1. The molecule has 126 valence electrons. The zero-order valence-corrected chi connectivity index (χ0v) is 14.0. The van der Waals surface area contributed by atoms with E-state index in [1.54, 1.807) is 0 Å². The lowest BCUT2D eigenvalue weighted by molar-refractivity contribution is -0.164. The van der Waals surface area contributed by atoms with Gasteiger partial charge in [-0.3, -0.25) is 4.79 Å². The van der Waals surface area contributed by atoms with E-state index in [0.29, 0.717) is 26.0 Å². The molecule has 1 atom stereocenters. The molecule has 1 heterocycles. The van der Waals surface area contributed by atoms with Crippen LogP contribution < -0.4 is 0 Å². The van der Waals surface area contributed by atoms with E-state index in [9.17, 15) is 14.7 Å². The van der Waals surface area contributed by atoms with Gasteiger partial charge in [0.25, 0.3) is 0 Å². The second-order valence-electron chi connectivity index (χ2n) is 7.13. The molecule has 1 aliphatic heterocycles. The Labute approximate surface area is 137 Å². The summed E-state index contributed by atoms with van der Waals surface area (Å²) >= 11 is 0. The molecule has 1 aromatic rings. The topological polar surface area (TPSA) is 66.8 Å². The number of rotatable bonds is 5. The predicted molar refractivity (Wildman–Crippen MR) is 86.9 cm³/mol. The Balaban J connectivity index is 2.12. The van der Waals surface area contributed by atoms with Crippen LogP contribution in [0.2, 0.25) is 0 Å². The maximum atomic E-state index is 12.6. The maximum absolute atomic E-state index is 12.6. The van der Waals surface area contributed by atoms with E-state index in [0.717, 1.165) is 5.56 Å². The van der Waals surface area contributed by atoms with Crippen LogP contribution in [-0.2, 0) is 20.9 Å². The molecule has 5 heteroatoms. The van der Waals surface area contributed by atoms with Crippen LogP contribution in [0.3, 0.4) is 0 Å². The standard InChI is InChI=1S/C18H25NO4/c1-17(2,3)15(20)19-11-7-10-18(19,16(21)22)13-23-12-14-8-5-4-6-9-14/h4-6,8-9H,7,10-13H2,1-3H3,(H,21,22)/t18-/m1/s1. The van der Waals surface area contributed by atoms with Gasteiger partial charge in [0.2, 0.25) is 5.91 Å². The second-order valence-corrected chi connectivity index (χ2v) is 7.13. The monoisotopic (exact) mass is 319 g/mol. The average Bonchev–Trinajstić information content (AvgIpc) is 2.91. The van der Waals surface area contributed by atoms with Crippen molar-refractivity contribution in [3.05, 3.63) is 35.9 Å². The Morgan fingerprint density at radius 1 is 1.26 bits per heavy atom. The van der Waals surface area contributed by atoms with Crippen molar-refractivity contribution in [2.24, 2.45) is 5.41 Å². The molecule has 5 nitrogen and oxygen atoms in total. The van der Waals surface area contributed by atoms with E-state index in [1.807, 2.05) is 51.1 Å². The Bertz CT molecular complexity index is 564.